The van der Waals surface area contributed by atoms with Crippen molar-refractivity contribution in [3.05, 3.63) is 27.2 Å². The van der Waals surface area contributed by atoms with E-state index in [1.165, 1.54) is 12.1 Å². The molecular weight excluding hydrogens is 353 g/mol. The van der Waals surface area contributed by atoms with Crippen molar-refractivity contribution in [3.8, 4) is 6.07 Å². The average molecular weight is 363 g/mol. The summed E-state index contributed by atoms with van der Waals surface area (Å²) in [5.74, 6) is -2.18. The second kappa shape index (κ2) is 8.59. The summed E-state index contributed by atoms with van der Waals surface area (Å²) in [4.78, 5) is 26.7. The van der Waals surface area contributed by atoms with E-state index in [2.05, 4.69) is 9.73 Å². The lowest BCUT2D eigenvalue weighted by molar-refractivity contribution is -0.121. The molecule has 0 aliphatic carbocycles. The highest BCUT2D eigenvalue weighted by molar-refractivity contribution is 6.41. The fraction of sp³-hybridized carbons (Fsp3) is 0.231. The Kier molecular flexibility index (Phi) is 7.12. The maximum absolute atomic E-state index is 11.7. The molecule has 1 rings (SSSR count). The first-order valence-electron chi connectivity index (χ1n) is 5.95. The highest BCUT2D eigenvalue weighted by Crippen LogP contribution is 2.35. The second-order valence-corrected chi connectivity index (χ2v) is 5.06. The minimum Gasteiger partial charge on any atom is -0.450 e. The predicted molar refractivity (Wildman–Crippen MR) is 83.9 cm³/mol. The molecule has 22 heavy (non-hydrogen) atoms. The molecule has 0 saturated carbocycles. The lowest BCUT2D eigenvalue weighted by Gasteiger charge is -2.06. The van der Waals surface area contributed by atoms with Crippen LogP contribution >= 0.6 is 34.8 Å². The number of alkyl carbamates (subject to hydrolysis) is 1. The van der Waals surface area contributed by atoms with E-state index in [0.29, 0.717) is 5.02 Å². The van der Waals surface area contributed by atoms with Gasteiger partial charge in [0, 0.05) is 11.2 Å². The fourth-order valence-corrected chi connectivity index (χ4v) is 2.23. The van der Waals surface area contributed by atoms with E-state index in [1.807, 2.05) is 5.32 Å². The van der Waals surface area contributed by atoms with Gasteiger partial charge in [0.2, 0.25) is 0 Å². The monoisotopic (exact) mass is 361 g/mol. The van der Waals surface area contributed by atoms with Gasteiger partial charge >= 0.3 is 6.09 Å². The van der Waals surface area contributed by atoms with E-state index in [-0.39, 0.29) is 22.3 Å². The number of carbonyl (C=O) groups excluding carboxylic acids is 2. The summed E-state index contributed by atoms with van der Waals surface area (Å²) in [7, 11) is 0. The Morgan fingerprint density at radius 2 is 2.00 bits per heavy atom. The van der Waals surface area contributed by atoms with Crippen LogP contribution in [0.15, 0.2) is 17.1 Å². The third kappa shape index (κ3) is 5.19. The van der Waals surface area contributed by atoms with Crippen LogP contribution in [-0.4, -0.2) is 24.8 Å². The molecular formula is C13H10Cl3N3O3. The minimum atomic E-state index is -1.31. The van der Waals surface area contributed by atoms with E-state index in [4.69, 9.17) is 40.1 Å². The average Bonchev–Trinajstić information content (AvgIpc) is 2.41. The number of ether oxygens (including phenoxy) is 1. The van der Waals surface area contributed by atoms with Gasteiger partial charge < -0.3 is 4.74 Å². The van der Waals surface area contributed by atoms with Gasteiger partial charge in [-0.2, -0.15) is 5.26 Å². The molecule has 1 aromatic carbocycles. The maximum atomic E-state index is 11.7. The first-order valence-corrected chi connectivity index (χ1v) is 7.08. The summed E-state index contributed by atoms with van der Waals surface area (Å²) < 4.78 is 4.54. The Labute approximate surface area is 141 Å². The number of carbonyl (C=O) groups is 2. The van der Waals surface area contributed by atoms with E-state index < -0.39 is 17.9 Å². The number of nitrogens with zero attached hydrogens (tertiary/aromatic N) is 2. The third-order valence-corrected chi connectivity index (χ3v) is 3.05. The number of rotatable bonds is 4. The quantitative estimate of drug-likeness (QED) is 0.825. The number of hydrogen-bond acceptors (Lipinski definition) is 5. The van der Waals surface area contributed by atoms with Gasteiger partial charge in [0.05, 0.1) is 28.4 Å². The van der Waals surface area contributed by atoms with Crippen LogP contribution in [0.3, 0.4) is 0 Å². The van der Waals surface area contributed by atoms with Crippen LogP contribution in [0.2, 0.25) is 15.1 Å². The zero-order valence-corrected chi connectivity index (χ0v) is 13.5. The molecule has 1 aromatic rings. The Bertz CT molecular complexity index is 633. The van der Waals surface area contributed by atoms with Gasteiger partial charge in [0.15, 0.2) is 5.92 Å². The van der Waals surface area contributed by atoms with Crippen molar-refractivity contribution in [2.75, 3.05) is 6.61 Å². The Hall–Kier alpha value is -1.81. The Balaban J connectivity index is 2.89. The lowest BCUT2D eigenvalue weighted by Crippen LogP contribution is -2.36. The predicted octanol–water partition coefficient (Wildman–Crippen LogP) is 3.76. The molecule has 1 unspecified atom stereocenters. The molecule has 0 fully saturated rings. The molecule has 1 atom stereocenters. The van der Waals surface area contributed by atoms with Crippen molar-refractivity contribution in [2.45, 2.75) is 6.92 Å². The molecule has 0 bridgehead atoms. The number of halogens is 3. The van der Waals surface area contributed by atoms with Gasteiger partial charge in [-0.25, -0.2) is 4.79 Å². The number of nitriles is 1. The van der Waals surface area contributed by atoms with Gasteiger partial charge in [-0.3, -0.25) is 15.1 Å². The highest BCUT2D eigenvalue weighted by atomic mass is 35.5. The molecule has 116 valence electrons. The van der Waals surface area contributed by atoms with E-state index in [9.17, 15) is 9.59 Å². The normalized spacial score (nSPS) is 11.8. The van der Waals surface area contributed by atoms with Crippen LogP contribution in [0, 0.1) is 17.2 Å². The van der Waals surface area contributed by atoms with Crippen LogP contribution < -0.4 is 5.32 Å². The van der Waals surface area contributed by atoms with E-state index in [1.54, 1.807) is 13.0 Å². The van der Waals surface area contributed by atoms with Gasteiger partial charge in [-0.05, 0) is 19.1 Å². The highest BCUT2D eigenvalue weighted by Gasteiger charge is 2.19. The summed E-state index contributed by atoms with van der Waals surface area (Å²) in [6.07, 6.45) is 0.0824. The molecule has 0 heterocycles. The molecule has 0 aromatic heterocycles. The van der Waals surface area contributed by atoms with Crippen molar-refractivity contribution in [3.63, 3.8) is 0 Å². The topological polar surface area (TPSA) is 91.5 Å². The molecule has 0 spiro atoms. The molecule has 9 heteroatoms. The lowest BCUT2D eigenvalue weighted by atomic mass is 10.2. The standard InChI is InChI=1S/C13H10Cl3N3O3/c1-2-22-13(21)19-12(20)7(5-17)6-18-11-9(15)3-8(14)4-10(11)16/h3-4,6-7H,2H2,1H3,(H,19,20,21). The number of amides is 2. The largest absolute Gasteiger partial charge is 0.450 e. The summed E-state index contributed by atoms with van der Waals surface area (Å²) in [6, 6.07) is 4.53. The zero-order valence-electron chi connectivity index (χ0n) is 11.3. The summed E-state index contributed by atoms with van der Waals surface area (Å²) in [5.41, 5.74) is 0.164. The number of nitrogens with one attached hydrogen (secondary N) is 1. The van der Waals surface area contributed by atoms with Gasteiger partial charge in [-0.1, -0.05) is 34.8 Å². The van der Waals surface area contributed by atoms with Crippen molar-refractivity contribution in [1.82, 2.24) is 5.32 Å². The van der Waals surface area contributed by atoms with Crippen molar-refractivity contribution in [1.29, 1.82) is 5.26 Å². The van der Waals surface area contributed by atoms with Crippen LogP contribution in [0.5, 0.6) is 0 Å². The molecule has 6 nitrogen and oxygen atoms in total. The molecule has 0 aliphatic heterocycles. The van der Waals surface area contributed by atoms with Gasteiger partial charge in [0.1, 0.15) is 0 Å². The van der Waals surface area contributed by atoms with Crippen LogP contribution in [-0.2, 0) is 9.53 Å². The number of aliphatic imine (C=N–C) groups is 1. The second-order valence-electron chi connectivity index (χ2n) is 3.81. The molecule has 1 N–H and O–H groups in total. The van der Waals surface area contributed by atoms with Crippen LogP contribution in [0.4, 0.5) is 10.5 Å². The number of imide groups is 1. The number of benzene rings is 1. The van der Waals surface area contributed by atoms with Crippen LogP contribution in [0.25, 0.3) is 0 Å². The van der Waals surface area contributed by atoms with Crippen molar-refractivity contribution >= 4 is 58.7 Å². The Morgan fingerprint density at radius 1 is 1.41 bits per heavy atom. The SMILES string of the molecule is CCOC(=O)NC(=O)C(C#N)C=Nc1c(Cl)cc(Cl)cc1Cl. The number of hydrogen-bond donors (Lipinski definition) is 1. The Morgan fingerprint density at radius 3 is 2.50 bits per heavy atom. The van der Waals surface area contributed by atoms with Gasteiger partial charge in [-0.15, -0.1) is 0 Å². The first kappa shape index (κ1) is 18.2. The molecule has 2 amide bonds. The third-order valence-electron chi connectivity index (χ3n) is 2.26. The van der Waals surface area contributed by atoms with E-state index in [0.717, 1.165) is 6.21 Å². The zero-order chi connectivity index (χ0) is 16.7. The minimum absolute atomic E-state index is 0.0976. The van der Waals surface area contributed by atoms with Crippen LogP contribution in [0.1, 0.15) is 6.92 Å². The summed E-state index contributed by atoms with van der Waals surface area (Å²) >= 11 is 17.6. The molecule has 0 saturated heterocycles. The first-order chi connectivity index (χ1) is 10.4. The molecule has 0 aliphatic rings. The summed E-state index contributed by atoms with van der Waals surface area (Å²) in [6.45, 7) is 1.68. The smallest absolute Gasteiger partial charge is 0.413 e. The van der Waals surface area contributed by atoms with Crippen molar-refractivity contribution < 1.29 is 14.3 Å². The summed E-state index contributed by atoms with van der Waals surface area (Å²) in [5, 5.41) is 11.5. The fourth-order valence-electron chi connectivity index (χ4n) is 1.31. The molecule has 0 radical (unpaired) electrons. The van der Waals surface area contributed by atoms with Gasteiger partial charge in [0.25, 0.3) is 5.91 Å². The van der Waals surface area contributed by atoms with Crippen molar-refractivity contribution in [2.24, 2.45) is 10.9 Å². The van der Waals surface area contributed by atoms with E-state index >= 15 is 0 Å². The maximum Gasteiger partial charge on any atom is 0.413 e.